The van der Waals surface area contributed by atoms with Crippen LogP contribution in [0.1, 0.15) is 24.2 Å². The van der Waals surface area contributed by atoms with Crippen molar-refractivity contribution in [2.24, 2.45) is 0 Å². The normalized spacial score (nSPS) is 11.2. The third-order valence-electron chi connectivity index (χ3n) is 6.12. The number of benzene rings is 3. The molecule has 0 radical (unpaired) electrons. The van der Waals surface area contributed by atoms with Crippen LogP contribution in [0.4, 0.5) is 15.9 Å². The van der Waals surface area contributed by atoms with Gasteiger partial charge >= 0.3 is 0 Å². The van der Waals surface area contributed by atoms with Crippen molar-refractivity contribution in [3.63, 3.8) is 0 Å². The van der Waals surface area contributed by atoms with Crippen molar-refractivity contribution in [1.82, 2.24) is 15.3 Å². The number of rotatable bonds is 12. The lowest BCUT2D eigenvalue weighted by Crippen LogP contribution is -2.14. The molecule has 2 heterocycles. The lowest BCUT2D eigenvalue weighted by Gasteiger charge is -2.12. The second-order valence-electron chi connectivity index (χ2n) is 10.5. The zero-order chi connectivity index (χ0) is 36.0. The Morgan fingerprint density at radius 3 is 2.33 bits per heavy atom. The van der Waals surface area contributed by atoms with E-state index in [1.54, 1.807) is 24.3 Å². The summed E-state index contributed by atoms with van der Waals surface area (Å²) in [7, 11) is -7.33. The first kappa shape index (κ1) is 39.3. The average Bonchev–Trinajstić information content (AvgIpc) is 3.48. The third-order valence-corrected chi connectivity index (χ3v) is 6.42. The van der Waals surface area contributed by atoms with E-state index in [0.717, 1.165) is 58.6 Å². The van der Waals surface area contributed by atoms with Gasteiger partial charge in [0.1, 0.15) is 41.8 Å². The van der Waals surface area contributed by atoms with Crippen molar-refractivity contribution >= 4 is 54.2 Å². The van der Waals surface area contributed by atoms with E-state index in [1.807, 2.05) is 36.4 Å². The number of ether oxygens (including phenoxy) is 1. The number of hydrogen-bond donors (Lipinski definition) is 5. The number of unbranched alkanes of at least 4 members (excludes halogenated alkanes) is 1. The first-order chi connectivity index (χ1) is 23.1. The molecule has 0 saturated carbocycles. The van der Waals surface area contributed by atoms with Crippen molar-refractivity contribution in [2.75, 3.05) is 31.0 Å². The van der Waals surface area contributed by atoms with E-state index in [1.165, 1.54) is 18.5 Å². The lowest BCUT2D eigenvalue weighted by atomic mass is 10.1. The number of aliphatic hydroxyl groups excluding tert-OH is 1. The van der Waals surface area contributed by atoms with Crippen LogP contribution in [0.25, 0.3) is 22.2 Å². The number of aromatic nitrogens is 2. The minimum Gasteiger partial charge on any atom is -0.487 e. The SMILES string of the molecule is CS(=O)(=O)O.CS(=O)(=O)O.OCCCCNCc1ccc(-c2ccc3ncnc(Nc4ccc(OCc5cccc(F)c5)c(Cl)c4)c3c2)o1. The number of anilines is 2. The maximum atomic E-state index is 13.4. The molecule has 0 aliphatic heterocycles. The monoisotopic (exact) mass is 738 g/mol. The molecule has 49 heavy (non-hydrogen) atoms. The molecule has 13 nitrogen and oxygen atoms in total. The number of fused-ring (bicyclic) bond motifs is 1. The second-order valence-corrected chi connectivity index (χ2v) is 13.8. The Morgan fingerprint density at radius 1 is 0.918 bits per heavy atom. The molecule has 0 aliphatic carbocycles. The number of hydrogen-bond acceptors (Lipinski definition) is 11. The van der Waals surface area contributed by atoms with Gasteiger partial charge in [0.15, 0.2) is 0 Å². The highest BCUT2D eigenvalue weighted by atomic mass is 35.5. The van der Waals surface area contributed by atoms with Gasteiger partial charge in [0.05, 0.1) is 29.6 Å². The minimum atomic E-state index is -3.67. The van der Waals surface area contributed by atoms with Crippen LogP contribution >= 0.6 is 11.6 Å². The molecule has 2 aromatic heterocycles. The van der Waals surface area contributed by atoms with Gasteiger partial charge in [-0.3, -0.25) is 9.11 Å². The van der Waals surface area contributed by atoms with E-state index >= 15 is 0 Å². The minimum absolute atomic E-state index is 0.206. The van der Waals surface area contributed by atoms with E-state index in [-0.39, 0.29) is 19.0 Å². The van der Waals surface area contributed by atoms with Crippen LogP contribution < -0.4 is 15.4 Å². The van der Waals surface area contributed by atoms with Gasteiger partial charge in [-0.1, -0.05) is 23.7 Å². The van der Waals surface area contributed by atoms with Crippen LogP contribution in [-0.2, 0) is 33.4 Å². The molecular formula is C32H36ClFN4O9S2. The van der Waals surface area contributed by atoms with E-state index in [4.69, 9.17) is 35.0 Å². The summed E-state index contributed by atoms with van der Waals surface area (Å²) in [4.78, 5) is 8.85. The summed E-state index contributed by atoms with van der Waals surface area (Å²) in [6, 6.07) is 21.4. The van der Waals surface area contributed by atoms with Gasteiger partial charge in [0, 0.05) is 23.2 Å². The van der Waals surface area contributed by atoms with Crippen LogP contribution in [0.3, 0.4) is 0 Å². The van der Waals surface area contributed by atoms with Crippen molar-refractivity contribution in [1.29, 1.82) is 0 Å². The third kappa shape index (κ3) is 15.3. The Kier molecular flexibility index (Phi) is 14.9. The first-order valence-corrected chi connectivity index (χ1v) is 18.6. The number of nitrogens with one attached hydrogen (secondary N) is 2. The molecule has 17 heteroatoms. The summed E-state index contributed by atoms with van der Waals surface area (Å²) in [5, 5.41) is 16.8. The predicted octanol–water partition coefficient (Wildman–Crippen LogP) is 5.88. The van der Waals surface area contributed by atoms with Gasteiger partial charge < -0.3 is 24.9 Å². The second kappa shape index (κ2) is 18.6. The summed E-state index contributed by atoms with van der Waals surface area (Å²) in [6.45, 7) is 1.86. The van der Waals surface area contributed by atoms with Gasteiger partial charge in [-0.05, 0) is 85.6 Å². The number of nitrogens with zero attached hydrogens (tertiary/aromatic N) is 2. The molecule has 0 aliphatic rings. The highest BCUT2D eigenvalue weighted by Gasteiger charge is 2.11. The Bertz CT molecular complexity index is 2000. The molecule has 0 spiro atoms. The molecule has 0 amide bonds. The highest BCUT2D eigenvalue weighted by molar-refractivity contribution is 7.85. The van der Waals surface area contributed by atoms with Crippen molar-refractivity contribution in [2.45, 2.75) is 26.0 Å². The molecule has 5 rings (SSSR count). The molecule has 264 valence electrons. The van der Waals surface area contributed by atoms with Gasteiger partial charge in [-0.25, -0.2) is 14.4 Å². The molecule has 0 bridgehead atoms. The predicted molar refractivity (Wildman–Crippen MR) is 186 cm³/mol. The summed E-state index contributed by atoms with van der Waals surface area (Å²) in [5.74, 6) is 2.41. The fraction of sp³-hybridized carbons (Fsp3) is 0.250. The van der Waals surface area contributed by atoms with Crippen LogP contribution in [-0.4, -0.2) is 66.7 Å². The highest BCUT2D eigenvalue weighted by Crippen LogP contribution is 2.33. The molecule has 0 saturated heterocycles. The summed E-state index contributed by atoms with van der Waals surface area (Å²) in [6.07, 6.45) is 4.64. The molecule has 0 fully saturated rings. The van der Waals surface area contributed by atoms with Crippen LogP contribution in [0.2, 0.25) is 5.02 Å². The average molecular weight is 739 g/mol. The Labute approximate surface area is 288 Å². The van der Waals surface area contributed by atoms with Crippen molar-refractivity contribution < 1.29 is 44.6 Å². The van der Waals surface area contributed by atoms with E-state index in [2.05, 4.69) is 20.6 Å². The standard InChI is InChI=1S/C30H28ClFN4O3.2CH4O3S/c31-26-16-23(7-10-29(26)38-18-20-4-3-5-22(32)14-20)36-30-25-15-21(6-9-27(25)34-19-35-30)28-11-8-24(39-28)17-33-12-1-2-13-37;2*1-5(2,3)4/h3-11,14-16,19,33,37H,1-2,12-13,17-18H2,(H,34,35,36);2*1H3,(H,2,3,4). The van der Waals surface area contributed by atoms with E-state index in [9.17, 15) is 21.2 Å². The fourth-order valence-electron chi connectivity index (χ4n) is 4.13. The van der Waals surface area contributed by atoms with Gasteiger partial charge in [-0.15, -0.1) is 0 Å². The fourth-order valence-corrected chi connectivity index (χ4v) is 4.37. The molecule has 5 aromatic rings. The topological polar surface area (TPSA) is 201 Å². The largest absolute Gasteiger partial charge is 0.487 e. The quantitative estimate of drug-likeness (QED) is 0.0752. The number of aliphatic hydroxyl groups is 1. The van der Waals surface area contributed by atoms with Crippen molar-refractivity contribution in [3.8, 4) is 17.1 Å². The lowest BCUT2D eigenvalue weighted by molar-refractivity contribution is 0.283. The van der Waals surface area contributed by atoms with E-state index in [0.29, 0.717) is 35.6 Å². The Hall–Kier alpha value is -4.16. The molecule has 0 unspecified atom stereocenters. The number of halogens is 2. The van der Waals surface area contributed by atoms with Crippen LogP contribution in [0, 0.1) is 5.82 Å². The van der Waals surface area contributed by atoms with Crippen molar-refractivity contribution in [3.05, 3.63) is 101 Å². The molecule has 3 aromatic carbocycles. The Balaban J connectivity index is 0.000000571. The summed E-state index contributed by atoms with van der Waals surface area (Å²) in [5.41, 5.74) is 3.14. The number of furan rings is 1. The summed E-state index contributed by atoms with van der Waals surface area (Å²) >= 11 is 6.48. The van der Waals surface area contributed by atoms with E-state index < -0.39 is 20.2 Å². The Morgan fingerprint density at radius 2 is 1.65 bits per heavy atom. The van der Waals surface area contributed by atoms with Gasteiger partial charge in [0.2, 0.25) is 0 Å². The molecular weight excluding hydrogens is 703 g/mol. The molecule has 5 N–H and O–H groups in total. The van der Waals surface area contributed by atoms with Crippen LogP contribution in [0.15, 0.2) is 83.5 Å². The smallest absolute Gasteiger partial charge is 0.261 e. The zero-order valence-electron chi connectivity index (χ0n) is 26.5. The van der Waals surface area contributed by atoms with Crippen LogP contribution in [0.5, 0.6) is 5.75 Å². The maximum Gasteiger partial charge on any atom is 0.261 e. The summed E-state index contributed by atoms with van der Waals surface area (Å²) < 4.78 is 77.0. The maximum absolute atomic E-state index is 13.4. The molecule has 0 atom stereocenters. The van der Waals surface area contributed by atoms with Gasteiger partial charge in [-0.2, -0.15) is 16.8 Å². The first-order valence-electron chi connectivity index (χ1n) is 14.5. The zero-order valence-corrected chi connectivity index (χ0v) is 28.9. The van der Waals surface area contributed by atoms with Gasteiger partial charge in [0.25, 0.3) is 20.2 Å².